The molecule has 1 heterocycles. The minimum absolute atomic E-state index is 1.39. The van der Waals surface area contributed by atoms with Gasteiger partial charge in [-0.1, -0.05) is 18.2 Å². The van der Waals surface area contributed by atoms with E-state index in [1.807, 2.05) is 0 Å². The van der Waals surface area contributed by atoms with Crippen LogP contribution in [0.4, 0.5) is 0 Å². The summed E-state index contributed by atoms with van der Waals surface area (Å²) in [5, 5.41) is 0. The summed E-state index contributed by atoms with van der Waals surface area (Å²) in [6.07, 6.45) is 0. The molecule has 0 spiro atoms. The molecule has 0 amide bonds. The zero-order valence-corrected chi connectivity index (χ0v) is 5.11. The van der Waals surface area contributed by atoms with E-state index < -0.39 is 0 Å². The molecular formula is C7H5S. The Morgan fingerprint density at radius 2 is 2.00 bits per heavy atom. The van der Waals surface area contributed by atoms with Crippen LogP contribution in [0.1, 0.15) is 5.56 Å². The fraction of sp³-hybridized carbons (Fsp3) is 0. The van der Waals surface area contributed by atoms with Crippen LogP contribution in [0.5, 0.6) is 0 Å². The van der Waals surface area contributed by atoms with Gasteiger partial charge in [0.25, 0.3) is 0 Å². The van der Waals surface area contributed by atoms with Gasteiger partial charge >= 0.3 is 0 Å². The highest BCUT2D eigenvalue weighted by Gasteiger charge is 2.10. The fourth-order valence-corrected chi connectivity index (χ4v) is 1.45. The molecule has 0 aromatic heterocycles. The Morgan fingerprint density at radius 1 is 1.12 bits per heavy atom. The Bertz CT molecular complexity index is 182. The normalized spacial score (nSPS) is 14.5. The second-order valence-corrected chi connectivity index (χ2v) is 2.68. The number of thioether (sulfide) groups is 1. The molecule has 0 bridgehead atoms. The molecule has 0 saturated carbocycles. The summed E-state index contributed by atoms with van der Waals surface area (Å²) < 4.78 is 0. The van der Waals surface area contributed by atoms with Gasteiger partial charge < -0.3 is 0 Å². The lowest BCUT2D eigenvalue weighted by Gasteiger charge is -2.14. The monoisotopic (exact) mass is 121 g/mol. The third-order valence-electron chi connectivity index (χ3n) is 1.23. The molecular weight excluding hydrogens is 116 g/mol. The van der Waals surface area contributed by atoms with E-state index in [0.29, 0.717) is 0 Å². The fourth-order valence-electron chi connectivity index (χ4n) is 0.754. The molecule has 0 atom stereocenters. The van der Waals surface area contributed by atoms with Crippen molar-refractivity contribution >= 4 is 11.8 Å². The number of hydrogen-bond acceptors (Lipinski definition) is 1. The summed E-state index contributed by atoms with van der Waals surface area (Å²) >= 11 is 1.81. The average molecular weight is 121 g/mol. The van der Waals surface area contributed by atoms with E-state index in [9.17, 15) is 0 Å². The summed E-state index contributed by atoms with van der Waals surface area (Å²) in [7, 11) is 0. The molecule has 39 valence electrons. The van der Waals surface area contributed by atoms with Gasteiger partial charge in [0.05, 0.1) is 5.75 Å². The van der Waals surface area contributed by atoms with Crippen LogP contribution >= 0.6 is 11.8 Å². The summed E-state index contributed by atoms with van der Waals surface area (Å²) in [5.41, 5.74) is 1.39. The minimum atomic E-state index is 1.39. The van der Waals surface area contributed by atoms with E-state index in [2.05, 4.69) is 30.0 Å². The third-order valence-corrected chi connectivity index (χ3v) is 2.23. The first kappa shape index (κ1) is 4.45. The largest absolute Gasteiger partial charge is 0.116 e. The van der Waals surface area contributed by atoms with E-state index in [-0.39, 0.29) is 0 Å². The quantitative estimate of drug-likeness (QED) is 0.507. The van der Waals surface area contributed by atoms with Crippen LogP contribution < -0.4 is 0 Å². The van der Waals surface area contributed by atoms with E-state index in [4.69, 9.17) is 0 Å². The molecule has 1 aromatic carbocycles. The predicted octanol–water partition coefficient (Wildman–Crippen LogP) is 2.30. The molecule has 1 aliphatic rings. The molecule has 2 rings (SSSR count). The molecule has 1 radical (unpaired) electrons. The molecule has 8 heavy (non-hydrogen) atoms. The van der Waals surface area contributed by atoms with E-state index in [0.717, 1.165) is 0 Å². The molecule has 1 aromatic rings. The third kappa shape index (κ3) is 0.480. The Morgan fingerprint density at radius 3 is 2.38 bits per heavy atom. The van der Waals surface area contributed by atoms with Crippen LogP contribution in [0, 0.1) is 5.75 Å². The van der Waals surface area contributed by atoms with Crippen molar-refractivity contribution in [2.75, 3.05) is 0 Å². The second kappa shape index (κ2) is 1.52. The summed E-state index contributed by atoms with van der Waals surface area (Å²) in [6, 6.07) is 8.40. The van der Waals surface area contributed by atoms with Crippen molar-refractivity contribution in [2.45, 2.75) is 4.90 Å². The smallest absolute Gasteiger partial charge is 0.0519 e. The molecule has 1 heteroatoms. The van der Waals surface area contributed by atoms with Crippen LogP contribution in [0.3, 0.4) is 0 Å². The Hall–Kier alpha value is -0.430. The number of benzene rings is 1. The van der Waals surface area contributed by atoms with Gasteiger partial charge in [-0.3, -0.25) is 0 Å². The molecule has 0 unspecified atom stereocenters. The number of hydrogen-bond donors (Lipinski definition) is 0. The van der Waals surface area contributed by atoms with E-state index in [1.165, 1.54) is 10.5 Å². The maximum atomic E-state index is 2.16. The molecule has 0 aliphatic carbocycles. The van der Waals surface area contributed by atoms with Crippen molar-refractivity contribution in [2.24, 2.45) is 0 Å². The number of fused-ring (bicyclic) bond motifs is 1. The number of rotatable bonds is 0. The van der Waals surface area contributed by atoms with Crippen molar-refractivity contribution in [1.29, 1.82) is 0 Å². The van der Waals surface area contributed by atoms with Crippen molar-refractivity contribution in [3.63, 3.8) is 0 Å². The van der Waals surface area contributed by atoms with E-state index in [1.54, 1.807) is 11.8 Å². The first-order valence-electron chi connectivity index (χ1n) is 2.56. The van der Waals surface area contributed by atoms with Crippen LogP contribution in [0.15, 0.2) is 29.2 Å². The minimum Gasteiger partial charge on any atom is -0.116 e. The Balaban J connectivity index is 2.62. The predicted molar refractivity (Wildman–Crippen MR) is 35.7 cm³/mol. The lowest BCUT2D eigenvalue weighted by Crippen LogP contribution is -1.90. The maximum Gasteiger partial charge on any atom is 0.0519 e. The average Bonchev–Trinajstić information content (AvgIpc) is 1.72. The standard InChI is InChI=1S/C7H5S/c1-2-4-7-6(3-1)5-8-7/h1-5H. The van der Waals surface area contributed by atoms with Crippen molar-refractivity contribution in [1.82, 2.24) is 0 Å². The molecule has 0 fully saturated rings. The summed E-state index contributed by atoms with van der Waals surface area (Å²) in [4.78, 5) is 1.41. The van der Waals surface area contributed by atoms with Crippen LogP contribution in [-0.2, 0) is 0 Å². The second-order valence-electron chi connectivity index (χ2n) is 1.77. The Labute approximate surface area is 52.9 Å². The first-order chi connectivity index (χ1) is 3.97. The van der Waals surface area contributed by atoms with Crippen molar-refractivity contribution in [3.8, 4) is 0 Å². The van der Waals surface area contributed by atoms with E-state index >= 15 is 0 Å². The molecule has 0 saturated heterocycles. The lowest BCUT2D eigenvalue weighted by molar-refractivity contribution is 1.33. The highest BCUT2D eigenvalue weighted by molar-refractivity contribution is 8.03. The van der Waals surface area contributed by atoms with Crippen LogP contribution in [0.25, 0.3) is 0 Å². The zero-order valence-electron chi connectivity index (χ0n) is 4.29. The van der Waals surface area contributed by atoms with Gasteiger partial charge in [0, 0.05) is 4.90 Å². The molecule has 0 nitrogen and oxygen atoms in total. The summed E-state index contributed by atoms with van der Waals surface area (Å²) in [5.74, 6) is 2.16. The van der Waals surface area contributed by atoms with Crippen LogP contribution in [-0.4, -0.2) is 0 Å². The zero-order chi connectivity index (χ0) is 5.40. The lowest BCUT2D eigenvalue weighted by atomic mass is 10.2. The highest BCUT2D eigenvalue weighted by Crippen LogP contribution is 2.38. The first-order valence-corrected chi connectivity index (χ1v) is 3.44. The van der Waals surface area contributed by atoms with Crippen LogP contribution in [0.2, 0.25) is 0 Å². The topological polar surface area (TPSA) is 0 Å². The van der Waals surface area contributed by atoms with Crippen molar-refractivity contribution < 1.29 is 0 Å². The Kier molecular flexibility index (Phi) is 0.847. The van der Waals surface area contributed by atoms with Gasteiger partial charge in [0.15, 0.2) is 0 Å². The molecule has 1 aliphatic heterocycles. The maximum absolute atomic E-state index is 2.16. The SMILES string of the molecule is [CH]1Sc2ccccc21. The van der Waals surface area contributed by atoms with Gasteiger partial charge in [0.2, 0.25) is 0 Å². The van der Waals surface area contributed by atoms with Gasteiger partial charge in [-0.15, -0.1) is 11.8 Å². The van der Waals surface area contributed by atoms with Gasteiger partial charge in [-0.2, -0.15) is 0 Å². The van der Waals surface area contributed by atoms with Gasteiger partial charge in [-0.25, -0.2) is 0 Å². The van der Waals surface area contributed by atoms with Gasteiger partial charge in [-0.05, 0) is 11.6 Å². The van der Waals surface area contributed by atoms with Crippen molar-refractivity contribution in [3.05, 3.63) is 35.6 Å². The van der Waals surface area contributed by atoms with Gasteiger partial charge in [0.1, 0.15) is 0 Å². The highest BCUT2D eigenvalue weighted by atomic mass is 32.2. The summed E-state index contributed by atoms with van der Waals surface area (Å²) in [6.45, 7) is 0. The molecule has 0 N–H and O–H groups in total.